The third-order valence-electron chi connectivity index (χ3n) is 7.02. The lowest BCUT2D eigenvalue weighted by Gasteiger charge is -2.30. The topological polar surface area (TPSA) is 102 Å². The Hall–Kier alpha value is -2.91. The smallest absolute Gasteiger partial charge is 0.273 e. The van der Waals surface area contributed by atoms with Crippen molar-refractivity contribution in [3.63, 3.8) is 0 Å². The molecule has 1 saturated carbocycles. The van der Waals surface area contributed by atoms with Crippen molar-refractivity contribution < 1.29 is 14.0 Å². The third-order valence-corrected chi connectivity index (χ3v) is 7.57. The fraction of sp³-hybridized carbons (Fsp3) is 0.464. The van der Waals surface area contributed by atoms with E-state index in [1.54, 1.807) is 16.8 Å². The molecule has 3 aromatic rings. The van der Waals surface area contributed by atoms with Gasteiger partial charge in [0.25, 0.3) is 5.91 Å². The molecule has 0 saturated heterocycles. The summed E-state index contributed by atoms with van der Waals surface area (Å²) in [5.74, 6) is -0.769. The summed E-state index contributed by atoms with van der Waals surface area (Å²) in [5, 5.41) is 16.4. The van der Waals surface area contributed by atoms with E-state index in [0.717, 1.165) is 48.1 Å². The maximum Gasteiger partial charge on any atom is 0.273 e. The lowest BCUT2D eigenvalue weighted by Crippen LogP contribution is -2.53. The zero-order valence-electron chi connectivity index (χ0n) is 21.7. The average Bonchev–Trinajstić information content (AvgIpc) is 3.25. The molecule has 0 aliphatic heterocycles. The molecule has 7 nitrogen and oxygen atoms in total. The van der Waals surface area contributed by atoms with Crippen molar-refractivity contribution in [1.29, 1.82) is 0 Å². The minimum atomic E-state index is -0.814. The van der Waals surface area contributed by atoms with Crippen molar-refractivity contribution in [2.75, 3.05) is 0 Å². The number of hydrogen-bond acceptors (Lipinski definition) is 5. The Bertz CT molecular complexity index is 1250. The van der Waals surface area contributed by atoms with Crippen LogP contribution in [0.4, 0.5) is 4.39 Å². The molecule has 1 heterocycles. The van der Waals surface area contributed by atoms with E-state index in [1.807, 2.05) is 45.0 Å². The minimum Gasteiger partial charge on any atom is -0.350 e. The number of nitrogens with two attached hydrogens (primary N) is 1. The highest BCUT2D eigenvalue weighted by molar-refractivity contribution is 7.97. The van der Waals surface area contributed by atoms with Gasteiger partial charge in [-0.05, 0) is 59.9 Å². The van der Waals surface area contributed by atoms with Crippen molar-refractivity contribution in [2.24, 2.45) is 16.5 Å². The van der Waals surface area contributed by atoms with E-state index >= 15 is 0 Å². The van der Waals surface area contributed by atoms with Gasteiger partial charge in [0.05, 0.1) is 0 Å². The second-order valence-corrected chi connectivity index (χ2v) is 11.6. The van der Waals surface area contributed by atoms with E-state index in [4.69, 9.17) is 5.14 Å². The van der Waals surface area contributed by atoms with Crippen LogP contribution < -0.4 is 15.8 Å². The normalized spacial score (nSPS) is 15.5. The number of nitrogens with one attached hydrogen (secondary N) is 2. The van der Waals surface area contributed by atoms with Crippen LogP contribution in [0, 0.1) is 17.2 Å². The fourth-order valence-electron chi connectivity index (χ4n) is 4.96. The molecule has 9 heteroatoms. The highest BCUT2D eigenvalue weighted by Gasteiger charge is 2.34. The lowest BCUT2D eigenvalue weighted by atomic mass is 9.86. The molecule has 4 N–H and O–H groups in total. The average molecular weight is 526 g/mol. The molecule has 1 aliphatic rings. The Morgan fingerprint density at radius 1 is 1.14 bits per heavy atom. The van der Waals surface area contributed by atoms with Crippen LogP contribution in [0.1, 0.15) is 68.9 Å². The molecule has 0 radical (unpaired) electrons. The Kier molecular flexibility index (Phi) is 8.54. The second-order valence-electron chi connectivity index (χ2n) is 10.9. The highest BCUT2D eigenvalue weighted by Crippen LogP contribution is 2.29. The molecular weight excluding hydrogens is 489 g/mol. The summed E-state index contributed by atoms with van der Waals surface area (Å²) in [7, 11) is 0. The number of carbonyl (C=O) groups is 2. The number of benzene rings is 2. The van der Waals surface area contributed by atoms with Gasteiger partial charge in [0.15, 0.2) is 5.69 Å². The standard InChI is InChI=1S/C28H36FN5O2S/c1-28(2,3)25(27(36)31-16-18-12-14-20(37-30)15-13-18)32-26(35)23-21-10-7-11-22(29)24(21)34(33-23)17-19-8-5-4-6-9-19/h7,10-15,19,25H,4-6,8-9,16-17,30H2,1-3H3,(H,31,36)(H,32,35). The monoisotopic (exact) mass is 525 g/mol. The van der Waals surface area contributed by atoms with Crippen molar-refractivity contribution in [2.45, 2.75) is 76.9 Å². The molecule has 0 spiro atoms. The van der Waals surface area contributed by atoms with Gasteiger partial charge in [0.1, 0.15) is 17.4 Å². The number of carbonyl (C=O) groups excluding carboxylic acids is 2. The van der Waals surface area contributed by atoms with Crippen LogP contribution in [0.25, 0.3) is 10.9 Å². The molecule has 1 unspecified atom stereocenters. The molecule has 1 atom stereocenters. The molecule has 2 amide bonds. The third kappa shape index (κ3) is 6.51. The molecule has 1 aliphatic carbocycles. The van der Waals surface area contributed by atoms with Crippen molar-refractivity contribution in [1.82, 2.24) is 20.4 Å². The number of aromatic nitrogens is 2. The Morgan fingerprint density at radius 3 is 2.49 bits per heavy atom. The van der Waals surface area contributed by atoms with E-state index < -0.39 is 23.2 Å². The quantitative estimate of drug-likeness (QED) is 0.352. The van der Waals surface area contributed by atoms with Crippen LogP contribution in [0.3, 0.4) is 0 Å². The molecule has 2 aromatic carbocycles. The van der Waals surface area contributed by atoms with Gasteiger partial charge in [-0.3, -0.25) is 19.4 Å². The molecule has 37 heavy (non-hydrogen) atoms. The van der Waals surface area contributed by atoms with Gasteiger partial charge in [-0.2, -0.15) is 5.10 Å². The summed E-state index contributed by atoms with van der Waals surface area (Å²) in [6, 6.07) is 11.5. The van der Waals surface area contributed by atoms with E-state index in [-0.39, 0.29) is 11.6 Å². The van der Waals surface area contributed by atoms with Gasteiger partial charge in [0, 0.05) is 23.4 Å². The zero-order valence-corrected chi connectivity index (χ0v) is 22.5. The van der Waals surface area contributed by atoms with Crippen LogP contribution >= 0.6 is 11.9 Å². The van der Waals surface area contributed by atoms with E-state index in [1.165, 1.54) is 12.5 Å². The Balaban J connectivity index is 1.53. The minimum absolute atomic E-state index is 0.141. The first-order chi connectivity index (χ1) is 17.7. The Morgan fingerprint density at radius 2 is 1.84 bits per heavy atom. The molecular formula is C28H36FN5O2S. The molecule has 198 valence electrons. The number of halogens is 1. The second kappa shape index (κ2) is 11.6. The molecule has 0 bridgehead atoms. The van der Waals surface area contributed by atoms with Crippen molar-refractivity contribution in [3.05, 3.63) is 59.5 Å². The van der Waals surface area contributed by atoms with Crippen LogP contribution in [0.2, 0.25) is 0 Å². The number of hydrogen-bond donors (Lipinski definition) is 3. The van der Waals surface area contributed by atoms with Gasteiger partial charge in [0.2, 0.25) is 5.91 Å². The van der Waals surface area contributed by atoms with Crippen molar-refractivity contribution >= 4 is 34.7 Å². The highest BCUT2D eigenvalue weighted by atomic mass is 32.2. The lowest BCUT2D eigenvalue weighted by molar-refractivity contribution is -0.125. The summed E-state index contributed by atoms with van der Waals surface area (Å²) in [5.41, 5.74) is 0.843. The summed E-state index contributed by atoms with van der Waals surface area (Å²) < 4.78 is 16.5. The van der Waals surface area contributed by atoms with Gasteiger partial charge in [-0.15, -0.1) is 0 Å². The summed E-state index contributed by atoms with van der Waals surface area (Å²) >= 11 is 1.16. The number of amides is 2. The van der Waals surface area contributed by atoms with E-state index in [2.05, 4.69) is 15.7 Å². The first-order valence-electron chi connectivity index (χ1n) is 12.9. The van der Waals surface area contributed by atoms with Gasteiger partial charge < -0.3 is 10.6 Å². The van der Waals surface area contributed by atoms with E-state index in [9.17, 15) is 14.0 Å². The van der Waals surface area contributed by atoms with Crippen LogP contribution in [0.15, 0.2) is 47.4 Å². The van der Waals surface area contributed by atoms with Crippen molar-refractivity contribution in [3.8, 4) is 0 Å². The van der Waals surface area contributed by atoms with Crippen LogP contribution in [-0.2, 0) is 17.9 Å². The SMILES string of the molecule is CC(C)(C)C(NC(=O)c1nn(CC2CCCCC2)c2c(F)cccc12)C(=O)NCc1ccc(SN)cc1. The van der Waals surface area contributed by atoms with Crippen LogP contribution in [0.5, 0.6) is 0 Å². The molecule has 4 rings (SSSR count). The Labute approximate surface area is 221 Å². The summed E-state index contributed by atoms with van der Waals surface area (Å²) in [6.07, 6.45) is 5.72. The summed E-state index contributed by atoms with van der Waals surface area (Å²) in [4.78, 5) is 27.6. The maximum atomic E-state index is 14.9. The maximum absolute atomic E-state index is 14.9. The van der Waals surface area contributed by atoms with Gasteiger partial charge >= 0.3 is 0 Å². The number of fused-ring (bicyclic) bond motifs is 1. The van der Waals surface area contributed by atoms with E-state index in [0.29, 0.717) is 29.9 Å². The number of para-hydroxylation sites is 1. The number of nitrogens with zero attached hydrogens (tertiary/aromatic N) is 2. The molecule has 1 fully saturated rings. The van der Waals surface area contributed by atoms with Gasteiger partial charge in [-0.25, -0.2) is 4.39 Å². The predicted octanol–water partition coefficient (Wildman–Crippen LogP) is 5.18. The zero-order chi connectivity index (χ0) is 26.6. The number of rotatable bonds is 8. The fourth-order valence-corrected chi connectivity index (χ4v) is 5.25. The predicted molar refractivity (Wildman–Crippen MR) is 145 cm³/mol. The van der Waals surface area contributed by atoms with Crippen LogP contribution in [-0.4, -0.2) is 27.6 Å². The largest absolute Gasteiger partial charge is 0.350 e. The summed E-state index contributed by atoms with van der Waals surface area (Å²) in [6.45, 7) is 6.58. The van der Waals surface area contributed by atoms with Gasteiger partial charge in [-0.1, -0.05) is 64.3 Å². The molecule has 1 aromatic heterocycles. The first-order valence-corrected chi connectivity index (χ1v) is 13.7. The first kappa shape index (κ1) is 27.1.